The van der Waals surface area contributed by atoms with Crippen molar-refractivity contribution in [2.45, 2.75) is 19.5 Å². The van der Waals surface area contributed by atoms with Crippen molar-refractivity contribution in [2.24, 2.45) is 5.73 Å². The third kappa shape index (κ3) is 4.29. The van der Waals surface area contributed by atoms with Crippen LogP contribution in [0.25, 0.3) is 0 Å². The van der Waals surface area contributed by atoms with E-state index in [1.807, 2.05) is 31.2 Å². The van der Waals surface area contributed by atoms with Gasteiger partial charge in [0.2, 0.25) is 0 Å². The molecule has 0 aliphatic carbocycles. The Morgan fingerprint density at radius 1 is 1.24 bits per heavy atom. The van der Waals surface area contributed by atoms with Gasteiger partial charge in [-0.15, -0.1) is 0 Å². The number of anilines is 1. The van der Waals surface area contributed by atoms with Crippen LogP contribution in [-0.4, -0.2) is 6.03 Å². The molecule has 0 fully saturated rings. The molecule has 2 aromatic carbocycles. The van der Waals surface area contributed by atoms with E-state index < -0.39 is 5.82 Å². The van der Waals surface area contributed by atoms with Crippen LogP contribution in [0.1, 0.15) is 24.1 Å². The third-order valence-corrected chi connectivity index (χ3v) is 3.15. The highest BCUT2D eigenvalue weighted by molar-refractivity contribution is 5.89. The number of rotatable bonds is 4. The first kappa shape index (κ1) is 15.0. The number of carbonyl (C=O) groups is 1. The number of halogens is 1. The van der Waals surface area contributed by atoms with Gasteiger partial charge in [-0.3, -0.25) is 0 Å². The minimum Gasteiger partial charge on any atom is -0.331 e. The van der Waals surface area contributed by atoms with Gasteiger partial charge in [-0.1, -0.05) is 30.3 Å². The molecule has 0 spiro atoms. The maximum Gasteiger partial charge on any atom is 0.319 e. The molecule has 2 rings (SSSR count). The fourth-order valence-electron chi connectivity index (χ4n) is 1.96. The molecule has 0 saturated heterocycles. The second kappa shape index (κ2) is 6.85. The molecule has 110 valence electrons. The van der Waals surface area contributed by atoms with Crippen molar-refractivity contribution in [3.05, 3.63) is 65.5 Å². The van der Waals surface area contributed by atoms with Gasteiger partial charge in [0.05, 0.1) is 6.04 Å². The van der Waals surface area contributed by atoms with Gasteiger partial charge in [0.15, 0.2) is 0 Å². The topological polar surface area (TPSA) is 67.2 Å². The van der Waals surface area contributed by atoms with Crippen molar-refractivity contribution >= 4 is 11.7 Å². The van der Waals surface area contributed by atoms with E-state index in [-0.39, 0.29) is 12.1 Å². The molecule has 4 N–H and O–H groups in total. The minimum absolute atomic E-state index is 0.162. The Bertz CT molecular complexity index is 613. The van der Waals surface area contributed by atoms with E-state index >= 15 is 0 Å². The fourth-order valence-corrected chi connectivity index (χ4v) is 1.96. The molecule has 0 bridgehead atoms. The molecule has 0 radical (unpaired) electrons. The zero-order valence-electron chi connectivity index (χ0n) is 11.8. The Hall–Kier alpha value is -2.40. The summed E-state index contributed by atoms with van der Waals surface area (Å²) in [5.74, 6) is -0.391. The quantitative estimate of drug-likeness (QED) is 0.808. The van der Waals surface area contributed by atoms with Crippen LogP contribution in [0.2, 0.25) is 0 Å². The summed E-state index contributed by atoms with van der Waals surface area (Å²) in [4.78, 5) is 11.9. The lowest BCUT2D eigenvalue weighted by Gasteiger charge is -2.15. The number of hydrogen-bond donors (Lipinski definition) is 3. The van der Waals surface area contributed by atoms with E-state index in [0.29, 0.717) is 12.2 Å². The van der Waals surface area contributed by atoms with Gasteiger partial charge in [0.25, 0.3) is 0 Å². The maximum absolute atomic E-state index is 13.0. The zero-order chi connectivity index (χ0) is 15.2. The lowest BCUT2D eigenvalue weighted by Crippen LogP contribution is -2.31. The summed E-state index contributed by atoms with van der Waals surface area (Å²) in [7, 11) is 0. The average molecular weight is 287 g/mol. The molecule has 0 saturated carbocycles. The van der Waals surface area contributed by atoms with E-state index in [1.54, 1.807) is 12.1 Å². The predicted octanol–water partition coefficient (Wildman–Crippen LogP) is 3.17. The monoisotopic (exact) mass is 287 g/mol. The van der Waals surface area contributed by atoms with Gasteiger partial charge >= 0.3 is 6.03 Å². The van der Waals surface area contributed by atoms with E-state index in [2.05, 4.69) is 10.6 Å². The minimum atomic E-state index is -0.391. The number of benzene rings is 2. The van der Waals surface area contributed by atoms with Crippen LogP contribution in [0.5, 0.6) is 0 Å². The smallest absolute Gasteiger partial charge is 0.319 e. The molecule has 21 heavy (non-hydrogen) atoms. The molecule has 4 nitrogen and oxygen atoms in total. The maximum atomic E-state index is 13.0. The molecule has 0 aliphatic heterocycles. The molecular weight excluding hydrogens is 269 g/mol. The van der Waals surface area contributed by atoms with Crippen LogP contribution in [-0.2, 0) is 6.54 Å². The number of hydrogen-bond acceptors (Lipinski definition) is 2. The molecule has 2 aromatic rings. The summed E-state index contributed by atoms with van der Waals surface area (Å²) in [6.45, 7) is 2.37. The molecule has 0 heterocycles. The lowest BCUT2D eigenvalue weighted by atomic mass is 10.1. The van der Waals surface area contributed by atoms with Crippen LogP contribution in [0, 0.1) is 5.82 Å². The second-order valence-corrected chi connectivity index (χ2v) is 4.78. The van der Waals surface area contributed by atoms with E-state index in [9.17, 15) is 9.18 Å². The Morgan fingerprint density at radius 2 is 1.95 bits per heavy atom. The SMILES string of the molecule is CC(NC(=O)Nc1cccc(F)c1)c1ccc(CN)cc1. The highest BCUT2D eigenvalue weighted by Gasteiger charge is 2.09. The summed E-state index contributed by atoms with van der Waals surface area (Å²) in [5, 5.41) is 5.39. The largest absolute Gasteiger partial charge is 0.331 e. The van der Waals surface area contributed by atoms with Crippen molar-refractivity contribution in [3.8, 4) is 0 Å². The molecule has 0 aliphatic rings. The Morgan fingerprint density at radius 3 is 2.57 bits per heavy atom. The van der Waals surface area contributed by atoms with Gasteiger partial charge in [-0.05, 0) is 36.2 Å². The fraction of sp³-hybridized carbons (Fsp3) is 0.188. The zero-order valence-corrected chi connectivity index (χ0v) is 11.8. The molecule has 1 atom stereocenters. The van der Waals surface area contributed by atoms with Gasteiger partial charge in [0.1, 0.15) is 5.82 Å². The van der Waals surface area contributed by atoms with Crippen LogP contribution in [0.3, 0.4) is 0 Å². The van der Waals surface area contributed by atoms with Crippen LogP contribution in [0.4, 0.5) is 14.9 Å². The van der Waals surface area contributed by atoms with E-state index in [4.69, 9.17) is 5.73 Å². The first-order chi connectivity index (χ1) is 10.1. The van der Waals surface area contributed by atoms with Crippen molar-refractivity contribution in [3.63, 3.8) is 0 Å². The summed E-state index contributed by atoms with van der Waals surface area (Å²) in [5.41, 5.74) is 7.97. The lowest BCUT2D eigenvalue weighted by molar-refractivity contribution is 0.249. The number of carbonyl (C=O) groups excluding carboxylic acids is 1. The summed E-state index contributed by atoms with van der Waals surface area (Å²) >= 11 is 0. The van der Waals surface area contributed by atoms with Gasteiger partial charge in [0, 0.05) is 12.2 Å². The highest BCUT2D eigenvalue weighted by Crippen LogP contribution is 2.14. The van der Waals surface area contributed by atoms with Gasteiger partial charge in [-0.2, -0.15) is 0 Å². The predicted molar refractivity (Wildman–Crippen MR) is 81.3 cm³/mol. The number of urea groups is 1. The second-order valence-electron chi connectivity index (χ2n) is 4.78. The van der Waals surface area contributed by atoms with Gasteiger partial charge in [-0.25, -0.2) is 9.18 Å². The average Bonchev–Trinajstić information content (AvgIpc) is 2.47. The highest BCUT2D eigenvalue weighted by atomic mass is 19.1. The van der Waals surface area contributed by atoms with Crippen LogP contribution in [0.15, 0.2) is 48.5 Å². The molecule has 5 heteroatoms. The molecule has 0 aromatic heterocycles. The van der Waals surface area contributed by atoms with Crippen LogP contribution >= 0.6 is 0 Å². The summed E-state index contributed by atoms with van der Waals surface area (Å²) < 4.78 is 13.0. The summed E-state index contributed by atoms with van der Waals surface area (Å²) in [6.07, 6.45) is 0. The Balaban J connectivity index is 1.95. The van der Waals surface area contributed by atoms with Crippen molar-refractivity contribution in [2.75, 3.05) is 5.32 Å². The normalized spacial score (nSPS) is 11.8. The van der Waals surface area contributed by atoms with Crippen molar-refractivity contribution in [1.82, 2.24) is 5.32 Å². The first-order valence-corrected chi connectivity index (χ1v) is 6.70. The standard InChI is InChI=1S/C16H18FN3O/c1-11(13-7-5-12(10-18)6-8-13)19-16(21)20-15-4-2-3-14(17)9-15/h2-9,11H,10,18H2,1H3,(H2,19,20,21). The molecule has 1 unspecified atom stereocenters. The van der Waals surface area contributed by atoms with Gasteiger partial charge < -0.3 is 16.4 Å². The number of nitrogens with one attached hydrogen (secondary N) is 2. The first-order valence-electron chi connectivity index (χ1n) is 6.70. The van der Waals surface area contributed by atoms with E-state index in [0.717, 1.165) is 11.1 Å². The third-order valence-electron chi connectivity index (χ3n) is 3.15. The van der Waals surface area contributed by atoms with Crippen molar-refractivity contribution < 1.29 is 9.18 Å². The molecular formula is C16H18FN3O. The molecule has 2 amide bonds. The number of amides is 2. The Kier molecular flexibility index (Phi) is 4.90. The Labute approximate surface area is 123 Å². The number of nitrogens with two attached hydrogens (primary N) is 1. The van der Waals surface area contributed by atoms with E-state index in [1.165, 1.54) is 12.1 Å². The summed E-state index contributed by atoms with van der Waals surface area (Å²) in [6, 6.07) is 12.9. The van der Waals surface area contributed by atoms with Crippen LogP contribution < -0.4 is 16.4 Å². The van der Waals surface area contributed by atoms with Crippen molar-refractivity contribution in [1.29, 1.82) is 0 Å².